The first-order valence-electron chi connectivity index (χ1n) is 5.69. The van der Waals surface area contributed by atoms with E-state index in [2.05, 4.69) is 20.1 Å². The highest BCUT2D eigenvalue weighted by molar-refractivity contribution is 6.16. The molecule has 16 heavy (non-hydrogen) atoms. The maximum atomic E-state index is 5.81. The maximum absolute atomic E-state index is 5.81. The molecule has 1 N–H and O–H groups in total. The minimum atomic E-state index is 0.00238. The number of hydrogen-bond acceptors (Lipinski definition) is 4. The standard InChI is InChI=1S/C10H15ClN4O/c11-4-9-12-10(14-13-9)8-5-15-3-1-2-7(15)6-16-8/h7-8H,1-6H2,(H,12,13,14). The molecule has 3 heterocycles. The Morgan fingerprint density at radius 3 is 3.31 bits per heavy atom. The van der Waals surface area contributed by atoms with Gasteiger partial charge in [0.05, 0.1) is 12.5 Å². The summed E-state index contributed by atoms with van der Waals surface area (Å²) in [5, 5.41) is 6.97. The Hall–Kier alpha value is -0.650. The van der Waals surface area contributed by atoms with Crippen LogP contribution in [-0.4, -0.2) is 45.8 Å². The fourth-order valence-corrected chi connectivity index (χ4v) is 2.61. The third kappa shape index (κ3) is 1.83. The summed E-state index contributed by atoms with van der Waals surface area (Å²) in [4.78, 5) is 6.79. The quantitative estimate of drug-likeness (QED) is 0.789. The number of morpholine rings is 1. The van der Waals surface area contributed by atoms with E-state index in [1.54, 1.807) is 0 Å². The van der Waals surface area contributed by atoms with Gasteiger partial charge in [0.1, 0.15) is 11.9 Å². The molecular weight excluding hydrogens is 228 g/mol. The summed E-state index contributed by atoms with van der Waals surface area (Å²) in [6, 6.07) is 0.614. The van der Waals surface area contributed by atoms with Gasteiger partial charge < -0.3 is 4.74 Å². The van der Waals surface area contributed by atoms with E-state index in [1.165, 1.54) is 19.4 Å². The average Bonchev–Trinajstić information content (AvgIpc) is 2.96. The van der Waals surface area contributed by atoms with E-state index in [1.807, 2.05) is 0 Å². The van der Waals surface area contributed by atoms with Crippen LogP contribution in [0.2, 0.25) is 0 Å². The van der Waals surface area contributed by atoms with Crippen molar-refractivity contribution in [2.75, 3.05) is 19.7 Å². The molecule has 1 aromatic heterocycles. The van der Waals surface area contributed by atoms with Gasteiger partial charge >= 0.3 is 0 Å². The zero-order valence-electron chi connectivity index (χ0n) is 9.03. The number of hydrogen-bond donors (Lipinski definition) is 1. The Bertz CT molecular complexity index is 369. The first-order valence-corrected chi connectivity index (χ1v) is 6.23. The van der Waals surface area contributed by atoms with Gasteiger partial charge in [-0.05, 0) is 19.4 Å². The van der Waals surface area contributed by atoms with Crippen LogP contribution in [-0.2, 0) is 10.6 Å². The number of aromatic amines is 1. The zero-order chi connectivity index (χ0) is 11.0. The topological polar surface area (TPSA) is 54.0 Å². The molecule has 0 bridgehead atoms. The lowest BCUT2D eigenvalue weighted by Crippen LogP contribution is -2.42. The highest BCUT2D eigenvalue weighted by Gasteiger charge is 2.34. The van der Waals surface area contributed by atoms with Crippen LogP contribution in [0, 0.1) is 0 Å². The molecule has 88 valence electrons. The first-order chi connectivity index (χ1) is 7.86. The molecule has 2 aliphatic rings. The summed E-state index contributed by atoms with van der Waals surface area (Å²) >= 11 is 5.68. The maximum Gasteiger partial charge on any atom is 0.180 e. The molecule has 0 radical (unpaired) electrons. The summed E-state index contributed by atoms with van der Waals surface area (Å²) in [7, 11) is 0. The molecule has 0 spiro atoms. The second kappa shape index (κ2) is 4.31. The average molecular weight is 243 g/mol. The second-order valence-electron chi connectivity index (χ2n) is 4.39. The van der Waals surface area contributed by atoms with Crippen molar-refractivity contribution in [1.29, 1.82) is 0 Å². The van der Waals surface area contributed by atoms with Gasteiger partial charge in [0.25, 0.3) is 0 Å². The van der Waals surface area contributed by atoms with Crippen molar-refractivity contribution in [1.82, 2.24) is 20.1 Å². The molecule has 6 heteroatoms. The van der Waals surface area contributed by atoms with E-state index < -0.39 is 0 Å². The van der Waals surface area contributed by atoms with E-state index in [-0.39, 0.29) is 6.10 Å². The van der Waals surface area contributed by atoms with Crippen molar-refractivity contribution in [3.05, 3.63) is 11.6 Å². The number of H-pyrrole nitrogens is 1. The molecule has 5 nitrogen and oxygen atoms in total. The number of fused-ring (bicyclic) bond motifs is 1. The van der Waals surface area contributed by atoms with Crippen LogP contribution in [0.3, 0.4) is 0 Å². The molecule has 2 unspecified atom stereocenters. The molecule has 2 aliphatic heterocycles. The van der Waals surface area contributed by atoms with Gasteiger partial charge in [-0.3, -0.25) is 10.00 Å². The van der Waals surface area contributed by atoms with Crippen LogP contribution in [0.15, 0.2) is 0 Å². The van der Waals surface area contributed by atoms with Crippen molar-refractivity contribution in [2.24, 2.45) is 0 Å². The van der Waals surface area contributed by atoms with Gasteiger partial charge in [-0.15, -0.1) is 11.6 Å². The number of nitrogens with one attached hydrogen (secondary N) is 1. The lowest BCUT2D eigenvalue weighted by atomic mass is 10.2. The third-order valence-electron chi connectivity index (χ3n) is 3.35. The molecule has 0 amide bonds. The molecule has 0 aromatic carbocycles. The molecule has 0 aliphatic carbocycles. The van der Waals surface area contributed by atoms with Gasteiger partial charge in [0, 0.05) is 12.6 Å². The smallest absolute Gasteiger partial charge is 0.180 e. The Labute approximate surface area is 99.1 Å². The Morgan fingerprint density at radius 1 is 1.56 bits per heavy atom. The molecule has 2 saturated heterocycles. The van der Waals surface area contributed by atoms with Crippen LogP contribution in [0.4, 0.5) is 0 Å². The summed E-state index contributed by atoms with van der Waals surface area (Å²) in [6.07, 6.45) is 2.54. The summed E-state index contributed by atoms with van der Waals surface area (Å²) < 4.78 is 5.81. The van der Waals surface area contributed by atoms with E-state index >= 15 is 0 Å². The predicted octanol–water partition coefficient (Wildman–Crippen LogP) is 1.08. The SMILES string of the molecule is ClCc1nc(C2CN3CCCC3CO2)n[nH]1. The molecule has 3 rings (SSSR count). The van der Waals surface area contributed by atoms with Crippen LogP contribution >= 0.6 is 11.6 Å². The van der Waals surface area contributed by atoms with Crippen molar-refractivity contribution in [3.63, 3.8) is 0 Å². The number of aromatic nitrogens is 3. The van der Waals surface area contributed by atoms with E-state index in [0.29, 0.717) is 17.7 Å². The zero-order valence-corrected chi connectivity index (χ0v) is 9.78. The predicted molar refractivity (Wildman–Crippen MR) is 59.2 cm³/mol. The van der Waals surface area contributed by atoms with E-state index in [9.17, 15) is 0 Å². The number of alkyl halides is 1. The van der Waals surface area contributed by atoms with Crippen LogP contribution < -0.4 is 0 Å². The minimum absolute atomic E-state index is 0.00238. The van der Waals surface area contributed by atoms with Gasteiger partial charge in [0.15, 0.2) is 5.82 Å². The summed E-state index contributed by atoms with van der Waals surface area (Å²) in [6.45, 7) is 2.89. The summed E-state index contributed by atoms with van der Waals surface area (Å²) in [5.41, 5.74) is 0. The largest absolute Gasteiger partial charge is 0.367 e. The van der Waals surface area contributed by atoms with Gasteiger partial charge in [-0.1, -0.05) is 0 Å². The monoisotopic (exact) mass is 242 g/mol. The van der Waals surface area contributed by atoms with Gasteiger partial charge in [-0.25, -0.2) is 4.98 Å². The van der Waals surface area contributed by atoms with Crippen LogP contribution in [0.25, 0.3) is 0 Å². The van der Waals surface area contributed by atoms with Crippen LogP contribution in [0.5, 0.6) is 0 Å². The lowest BCUT2D eigenvalue weighted by molar-refractivity contribution is -0.0539. The van der Waals surface area contributed by atoms with Crippen molar-refractivity contribution in [3.8, 4) is 0 Å². The fraction of sp³-hybridized carbons (Fsp3) is 0.800. The van der Waals surface area contributed by atoms with Crippen molar-refractivity contribution >= 4 is 11.6 Å². The number of ether oxygens (including phenoxy) is 1. The second-order valence-corrected chi connectivity index (χ2v) is 4.65. The van der Waals surface area contributed by atoms with E-state index in [4.69, 9.17) is 16.3 Å². The van der Waals surface area contributed by atoms with Crippen LogP contribution in [0.1, 0.15) is 30.6 Å². The van der Waals surface area contributed by atoms with E-state index in [0.717, 1.165) is 19.0 Å². The van der Waals surface area contributed by atoms with Gasteiger partial charge in [-0.2, -0.15) is 5.10 Å². The number of nitrogens with zero attached hydrogens (tertiary/aromatic N) is 3. The molecule has 0 saturated carbocycles. The number of rotatable bonds is 2. The summed E-state index contributed by atoms with van der Waals surface area (Å²) in [5.74, 6) is 1.82. The first kappa shape index (κ1) is 10.5. The molecule has 2 fully saturated rings. The van der Waals surface area contributed by atoms with Crippen molar-refractivity contribution < 1.29 is 4.74 Å². The molecule has 1 aromatic rings. The lowest BCUT2D eigenvalue weighted by Gasteiger charge is -2.33. The number of halogens is 1. The Morgan fingerprint density at radius 2 is 2.50 bits per heavy atom. The molecule has 2 atom stereocenters. The normalized spacial score (nSPS) is 30.6. The highest BCUT2D eigenvalue weighted by atomic mass is 35.5. The van der Waals surface area contributed by atoms with Crippen molar-refractivity contribution in [2.45, 2.75) is 30.9 Å². The fourth-order valence-electron chi connectivity index (χ4n) is 2.49. The minimum Gasteiger partial charge on any atom is -0.367 e. The Balaban J connectivity index is 1.71. The Kier molecular flexibility index (Phi) is 2.83. The van der Waals surface area contributed by atoms with Gasteiger partial charge in [0.2, 0.25) is 0 Å². The highest BCUT2D eigenvalue weighted by Crippen LogP contribution is 2.28. The third-order valence-corrected chi connectivity index (χ3v) is 3.61. The molecular formula is C10H15ClN4O.